The smallest absolute Gasteiger partial charge is 0.322 e. The van der Waals surface area contributed by atoms with Crippen molar-refractivity contribution in [1.82, 2.24) is 14.8 Å². The number of para-hydroxylation sites is 1. The van der Waals surface area contributed by atoms with Crippen LogP contribution in [0.2, 0.25) is 0 Å². The highest BCUT2D eigenvalue weighted by Gasteiger charge is 2.54. The molecule has 0 saturated carbocycles. The minimum absolute atomic E-state index is 0.0711. The topological polar surface area (TPSA) is 85.8 Å². The standard InChI is InChI=1S/C25H23FN4O3/c26-19-5-1-2-6-20(19)28-25(33)29-13-21-24(22(15-31)30(21)23(32)14-29)17-9-7-16(8-10-17)18-4-3-11-27-12-18/h1-12,21-22,24,31H,13-15H2,(H,28,33)/t21-,22-,24-/m0/s1. The number of halogens is 1. The first-order chi connectivity index (χ1) is 16.1. The Balaban J connectivity index is 1.35. The summed E-state index contributed by atoms with van der Waals surface area (Å²) in [4.78, 5) is 32.8. The van der Waals surface area contributed by atoms with Crippen LogP contribution in [0.25, 0.3) is 11.1 Å². The second-order valence-corrected chi connectivity index (χ2v) is 8.30. The lowest BCUT2D eigenvalue weighted by Crippen LogP contribution is -2.73. The van der Waals surface area contributed by atoms with E-state index in [4.69, 9.17) is 0 Å². The predicted molar refractivity (Wildman–Crippen MR) is 121 cm³/mol. The summed E-state index contributed by atoms with van der Waals surface area (Å²) in [5.41, 5.74) is 3.09. The number of carbonyl (C=O) groups excluding carboxylic acids is 2. The van der Waals surface area contributed by atoms with Crippen LogP contribution in [0.15, 0.2) is 73.1 Å². The van der Waals surface area contributed by atoms with Gasteiger partial charge in [0, 0.05) is 24.9 Å². The average Bonchev–Trinajstić information content (AvgIpc) is 2.82. The van der Waals surface area contributed by atoms with Crippen molar-refractivity contribution in [3.05, 3.63) is 84.4 Å². The molecule has 8 heteroatoms. The van der Waals surface area contributed by atoms with Crippen molar-refractivity contribution in [2.75, 3.05) is 25.0 Å². The number of carbonyl (C=O) groups is 2. The molecule has 2 aromatic carbocycles. The minimum atomic E-state index is -0.536. The van der Waals surface area contributed by atoms with Crippen molar-refractivity contribution in [1.29, 1.82) is 0 Å². The van der Waals surface area contributed by atoms with Crippen molar-refractivity contribution in [2.24, 2.45) is 0 Å². The maximum absolute atomic E-state index is 13.9. The van der Waals surface area contributed by atoms with Crippen LogP contribution >= 0.6 is 0 Å². The summed E-state index contributed by atoms with van der Waals surface area (Å²) in [6, 6.07) is 16.7. The van der Waals surface area contributed by atoms with Crippen molar-refractivity contribution < 1.29 is 19.1 Å². The van der Waals surface area contributed by atoms with Gasteiger partial charge < -0.3 is 20.2 Å². The maximum atomic E-state index is 13.9. The number of hydrogen-bond acceptors (Lipinski definition) is 4. The van der Waals surface area contributed by atoms with Crippen LogP contribution in [0.4, 0.5) is 14.9 Å². The Kier molecular flexibility index (Phi) is 5.51. The molecule has 1 aromatic heterocycles. The molecule has 2 fully saturated rings. The molecule has 0 bridgehead atoms. The van der Waals surface area contributed by atoms with Crippen molar-refractivity contribution in [3.8, 4) is 11.1 Å². The third-order valence-electron chi connectivity index (χ3n) is 6.45. The summed E-state index contributed by atoms with van der Waals surface area (Å²) in [6.07, 6.45) is 3.52. The van der Waals surface area contributed by atoms with E-state index in [1.165, 1.54) is 17.0 Å². The van der Waals surface area contributed by atoms with Crippen LogP contribution in [0.5, 0.6) is 0 Å². The normalized spacial score (nSPS) is 21.9. The highest BCUT2D eigenvalue weighted by Crippen LogP contribution is 2.43. The second kappa shape index (κ2) is 8.63. The molecule has 3 atom stereocenters. The highest BCUT2D eigenvalue weighted by atomic mass is 19.1. The van der Waals surface area contributed by atoms with Gasteiger partial charge in [0.15, 0.2) is 0 Å². The van der Waals surface area contributed by atoms with E-state index in [0.29, 0.717) is 6.54 Å². The Labute approximate surface area is 190 Å². The number of anilines is 1. The van der Waals surface area contributed by atoms with Crippen molar-refractivity contribution in [2.45, 2.75) is 18.0 Å². The minimum Gasteiger partial charge on any atom is -0.394 e. The summed E-state index contributed by atoms with van der Waals surface area (Å²) in [7, 11) is 0. The molecule has 3 aromatic rings. The van der Waals surface area contributed by atoms with Crippen LogP contribution in [-0.4, -0.2) is 63.6 Å². The van der Waals surface area contributed by atoms with Crippen LogP contribution < -0.4 is 5.32 Å². The van der Waals surface area contributed by atoms with Crippen LogP contribution in [-0.2, 0) is 4.79 Å². The lowest BCUT2D eigenvalue weighted by molar-refractivity contribution is -0.159. The van der Waals surface area contributed by atoms with Gasteiger partial charge in [-0.1, -0.05) is 42.5 Å². The largest absolute Gasteiger partial charge is 0.394 e. The quantitative estimate of drug-likeness (QED) is 0.645. The molecule has 0 unspecified atom stereocenters. The van der Waals surface area contributed by atoms with Gasteiger partial charge in [-0.15, -0.1) is 0 Å². The number of amides is 3. The summed E-state index contributed by atoms with van der Waals surface area (Å²) >= 11 is 0. The van der Waals surface area contributed by atoms with Gasteiger partial charge in [-0.05, 0) is 34.9 Å². The van der Waals surface area contributed by atoms with Crippen LogP contribution in [0.3, 0.4) is 0 Å². The molecule has 7 nitrogen and oxygen atoms in total. The lowest BCUT2D eigenvalue weighted by atomic mass is 9.73. The fourth-order valence-corrected chi connectivity index (χ4v) is 4.84. The molecule has 33 heavy (non-hydrogen) atoms. The molecular weight excluding hydrogens is 423 g/mol. The molecule has 0 spiro atoms. The maximum Gasteiger partial charge on any atom is 0.322 e. The Morgan fingerprint density at radius 3 is 2.58 bits per heavy atom. The fraction of sp³-hybridized carbons (Fsp3) is 0.240. The molecule has 0 radical (unpaired) electrons. The number of benzene rings is 2. The molecule has 5 rings (SSSR count). The zero-order valence-electron chi connectivity index (χ0n) is 17.8. The number of aromatic nitrogens is 1. The number of fused-ring (bicyclic) bond motifs is 1. The van der Waals surface area contributed by atoms with Crippen molar-refractivity contribution in [3.63, 3.8) is 0 Å². The van der Waals surface area contributed by atoms with E-state index >= 15 is 0 Å². The van der Waals surface area contributed by atoms with E-state index in [-0.39, 0.29) is 42.7 Å². The van der Waals surface area contributed by atoms with Gasteiger partial charge in [-0.2, -0.15) is 0 Å². The zero-order chi connectivity index (χ0) is 22.9. The van der Waals surface area contributed by atoms with Gasteiger partial charge in [0.1, 0.15) is 12.4 Å². The average molecular weight is 446 g/mol. The number of urea groups is 1. The Morgan fingerprint density at radius 2 is 1.88 bits per heavy atom. The Bertz CT molecular complexity index is 1170. The SMILES string of the molecule is O=C(Nc1ccccc1F)N1CC(=O)N2[C@@H](CO)[C@@H](c3ccc(-c4cccnc4)cc3)[C@@H]2C1. The molecule has 2 saturated heterocycles. The molecule has 3 heterocycles. The highest BCUT2D eigenvalue weighted by molar-refractivity contribution is 5.94. The summed E-state index contributed by atoms with van der Waals surface area (Å²) in [6.45, 7) is 0.0379. The third-order valence-corrected chi connectivity index (χ3v) is 6.45. The molecule has 2 N–H and O–H groups in total. The van der Waals surface area contributed by atoms with Gasteiger partial charge in [-0.3, -0.25) is 9.78 Å². The summed E-state index contributed by atoms with van der Waals surface area (Å²) in [5.74, 6) is -0.866. The number of hydrogen-bond donors (Lipinski definition) is 2. The number of nitrogens with zero attached hydrogens (tertiary/aromatic N) is 3. The van der Waals surface area contributed by atoms with Crippen LogP contribution in [0.1, 0.15) is 11.5 Å². The van der Waals surface area contributed by atoms with E-state index in [1.54, 1.807) is 29.4 Å². The van der Waals surface area contributed by atoms with Gasteiger partial charge >= 0.3 is 6.03 Å². The number of piperazine rings is 1. The Morgan fingerprint density at radius 1 is 1.09 bits per heavy atom. The fourth-order valence-electron chi connectivity index (χ4n) is 4.84. The molecule has 2 aliphatic rings. The summed E-state index contributed by atoms with van der Waals surface area (Å²) < 4.78 is 13.9. The van der Waals surface area contributed by atoms with Gasteiger partial charge in [-0.25, -0.2) is 9.18 Å². The van der Waals surface area contributed by atoms with Gasteiger partial charge in [0.05, 0.1) is 24.4 Å². The van der Waals surface area contributed by atoms with E-state index < -0.39 is 11.8 Å². The monoisotopic (exact) mass is 446 g/mol. The second-order valence-electron chi connectivity index (χ2n) is 8.30. The molecule has 2 aliphatic heterocycles. The first-order valence-corrected chi connectivity index (χ1v) is 10.8. The van der Waals surface area contributed by atoms with Gasteiger partial charge in [0.25, 0.3) is 0 Å². The Hall–Kier alpha value is -3.78. The van der Waals surface area contributed by atoms with E-state index in [0.717, 1.165) is 16.7 Å². The number of rotatable bonds is 4. The number of aliphatic hydroxyl groups excluding tert-OH is 1. The van der Waals surface area contributed by atoms with E-state index in [9.17, 15) is 19.1 Å². The van der Waals surface area contributed by atoms with Crippen molar-refractivity contribution >= 4 is 17.6 Å². The first-order valence-electron chi connectivity index (χ1n) is 10.8. The predicted octanol–water partition coefficient (Wildman–Crippen LogP) is 3.09. The van der Waals surface area contributed by atoms with Gasteiger partial charge in [0.2, 0.25) is 5.91 Å². The zero-order valence-corrected chi connectivity index (χ0v) is 17.8. The third kappa shape index (κ3) is 3.82. The molecular formula is C25H23FN4O3. The van der Waals surface area contributed by atoms with E-state index in [2.05, 4.69) is 10.3 Å². The number of pyridine rings is 1. The molecule has 168 valence electrons. The molecule has 3 amide bonds. The van der Waals surface area contributed by atoms with Crippen LogP contribution in [0, 0.1) is 5.82 Å². The number of aliphatic hydroxyl groups is 1. The van der Waals surface area contributed by atoms with E-state index in [1.807, 2.05) is 36.4 Å². The summed E-state index contributed by atoms with van der Waals surface area (Å²) in [5, 5.41) is 12.5. The first kappa shape index (κ1) is 21.1. The lowest BCUT2D eigenvalue weighted by Gasteiger charge is -2.58. The molecule has 0 aliphatic carbocycles. The number of nitrogens with one attached hydrogen (secondary N) is 1.